The maximum Gasteiger partial charge on any atom is 0.176 e. The van der Waals surface area contributed by atoms with Crippen LogP contribution in [-0.4, -0.2) is 36.2 Å². The number of ether oxygens (including phenoxy) is 1. The number of benzene rings is 1. The number of rotatable bonds is 5. The quantitative estimate of drug-likeness (QED) is 0.257. The van der Waals surface area contributed by atoms with Crippen molar-refractivity contribution in [2.24, 2.45) is 0 Å². The van der Waals surface area contributed by atoms with Crippen molar-refractivity contribution < 1.29 is 9.13 Å². The smallest absolute Gasteiger partial charge is 0.176 e. The van der Waals surface area contributed by atoms with E-state index in [2.05, 4.69) is 43.3 Å². The molecule has 7 rings (SSSR count). The lowest BCUT2D eigenvalue weighted by molar-refractivity contribution is 0.154. The Morgan fingerprint density at radius 1 is 0.973 bits per heavy atom. The van der Waals surface area contributed by atoms with Gasteiger partial charge in [-0.25, -0.2) is 9.97 Å². The van der Waals surface area contributed by atoms with Crippen molar-refractivity contribution in [2.75, 3.05) is 0 Å². The fraction of sp³-hybridized carbons (Fsp3) is 0.214. The Bertz CT molecular complexity index is 1730. The van der Waals surface area contributed by atoms with E-state index >= 15 is 0 Å². The lowest BCUT2D eigenvalue weighted by Crippen LogP contribution is -2.19. The van der Waals surface area contributed by atoms with E-state index in [1.807, 2.05) is 18.3 Å². The van der Waals surface area contributed by atoms with Crippen molar-refractivity contribution in [2.45, 2.75) is 38.2 Å². The summed E-state index contributed by atoms with van der Waals surface area (Å²) in [5.74, 6) is 1.40. The van der Waals surface area contributed by atoms with Crippen LogP contribution in [0.4, 0.5) is 4.39 Å². The fourth-order valence-electron chi connectivity index (χ4n) is 5.07. The van der Waals surface area contributed by atoms with Crippen molar-refractivity contribution in [3.05, 3.63) is 66.2 Å². The zero-order chi connectivity index (χ0) is 24.8. The average Bonchev–Trinajstić information content (AvgIpc) is 3.66. The Kier molecular flexibility index (Phi) is 5.43. The SMILES string of the molecule is Fc1ccc(-c2ccnc3[nH]c(-c4n[nH]c5ccc(-c6cncc(OC7CCCCC7)c6)cc45)nc23)s1. The molecule has 37 heavy (non-hydrogen) atoms. The van der Waals surface area contributed by atoms with Crippen LogP contribution in [0.15, 0.2) is 61.1 Å². The summed E-state index contributed by atoms with van der Waals surface area (Å²) >= 11 is 1.09. The van der Waals surface area contributed by atoms with E-state index in [4.69, 9.17) is 9.72 Å². The number of hydrogen-bond acceptors (Lipinski definition) is 6. The van der Waals surface area contributed by atoms with Crippen molar-refractivity contribution in [1.82, 2.24) is 30.1 Å². The molecule has 0 saturated heterocycles. The standard InChI is InChI=1S/C28H23FN6OS/c29-24-9-8-23(37-24)20-10-11-31-27-25(20)32-28(33-27)26-21-13-16(6-7-22(21)34-35-26)17-12-19(15-30-14-17)36-18-4-2-1-3-5-18/h6-15,18H,1-5H2,(H,34,35)(H,31,32,33). The molecule has 1 aliphatic carbocycles. The van der Waals surface area contributed by atoms with Gasteiger partial charge in [-0.1, -0.05) is 12.5 Å². The van der Waals surface area contributed by atoms with Crippen molar-refractivity contribution in [3.8, 4) is 38.8 Å². The molecule has 1 saturated carbocycles. The zero-order valence-electron chi connectivity index (χ0n) is 19.9. The Morgan fingerprint density at radius 2 is 1.89 bits per heavy atom. The first-order valence-corrected chi connectivity index (χ1v) is 13.2. The fourth-order valence-corrected chi connectivity index (χ4v) is 5.83. The highest BCUT2D eigenvalue weighted by Crippen LogP contribution is 2.35. The predicted molar refractivity (Wildman–Crippen MR) is 143 cm³/mol. The van der Waals surface area contributed by atoms with E-state index < -0.39 is 0 Å². The largest absolute Gasteiger partial charge is 0.489 e. The number of nitrogens with one attached hydrogen (secondary N) is 2. The van der Waals surface area contributed by atoms with E-state index in [0.717, 1.165) is 62.4 Å². The van der Waals surface area contributed by atoms with Gasteiger partial charge in [0.05, 0.1) is 17.8 Å². The minimum atomic E-state index is -0.232. The number of aromatic amines is 2. The summed E-state index contributed by atoms with van der Waals surface area (Å²) in [6.45, 7) is 0. The van der Waals surface area contributed by atoms with E-state index in [1.165, 1.54) is 25.3 Å². The lowest BCUT2D eigenvalue weighted by Gasteiger charge is -2.23. The molecule has 0 aliphatic heterocycles. The summed E-state index contributed by atoms with van der Waals surface area (Å²) < 4.78 is 19.9. The maximum atomic E-state index is 13.7. The molecule has 5 aromatic heterocycles. The Morgan fingerprint density at radius 3 is 2.76 bits per heavy atom. The highest BCUT2D eigenvalue weighted by molar-refractivity contribution is 7.14. The Hall–Kier alpha value is -4.11. The predicted octanol–water partition coefficient (Wildman–Crippen LogP) is 7.14. The van der Waals surface area contributed by atoms with Gasteiger partial charge >= 0.3 is 0 Å². The van der Waals surface area contributed by atoms with Gasteiger partial charge in [-0.15, -0.1) is 11.3 Å². The van der Waals surface area contributed by atoms with Crippen molar-refractivity contribution in [1.29, 1.82) is 0 Å². The van der Waals surface area contributed by atoms with Crippen LogP contribution in [0, 0.1) is 5.13 Å². The van der Waals surface area contributed by atoms with Crippen LogP contribution in [0.5, 0.6) is 5.75 Å². The average molecular weight is 511 g/mol. The molecular formula is C28H23FN6OS. The summed E-state index contributed by atoms with van der Waals surface area (Å²) in [7, 11) is 0. The molecule has 184 valence electrons. The van der Waals surface area contributed by atoms with Crippen LogP contribution < -0.4 is 4.74 Å². The highest BCUT2D eigenvalue weighted by atomic mass is 32.1. The Labute approximate surface area is 215 Å². The summed E-state index contributed by atoms with van der Waals surface area (Å²) in [5, 5.41) is 8.36. The zero-order valence-corrected chi connectivity index (χ0v) is 20.7. The van der Waals surface area contributed by atoms with Crippen molar-refractivity contribution in [3.63, 3.8) is 0 Å². The third-order valence-corrected chi connectivity index (χ3v) is 7.82. The normalized spacial score (nSPS) is 14.5. The number of H-pyrrole nitrogens is 2. The molecule has 0 amide bonds. The van der Waals surface area contributed by atoms with Gasteiger partial charge in [0.2, 0.25) is 0 Å². The second kappa shape index (κ2) is 9.08. The summed E-state index contributed by atoms with van der Waals surface area (Å²) in [6.07, 6.45) is 11.6. The topological polar surface area (TPSA) is 92.4 Å². The minimum absolute atomic E-state index is 0.232. The number of thiophene rings is 1. The third-order valence-electron chi connectivity index (χ3n) is 6.91. The number of nitrogens with zero attached hydrogens (tertiary/aromatic N) is 4. The van der Waals surface area contributed by atoms with E-state index in [-0.39, 0.29) is 11.2 Å². The molecule has 0 atom stereocenters. The van der Waals surface area contributed by atoms with Gasteiger partial charge in [-0.05, 0) is 67.6 Å². The molecule has 5 heterocycles. The molecule has 2 N–H and O–H groups in total. The van der Waals surface area contributed by atoms with Gasteiger partial charge in [0.1, 0.15) is 17.0 Å². The van der Waals surface area contributed by atoms with E-state index in [9.17, 15) is 4.39 Å². The van der Waals surface area contributed by atoms with Crippen LogP contribution in [0.25, 0.3) is 55.2 Å². The monoisotopic (exact) mass is 510 g/mol. The van der Waals surface area contributed by atoms with Gasteiger partial charge in [0, 0.05) is 33.8 Å². The second-order valence-corrected chi connectivity index (χ2v) is 10.4. The van der Waals surface area contributed by atoms with Crippen LogP contribution >= 0.6 is 11.3 Å². The van der Waals surface area contributed by atoms with Gasteiger partial charge < -0.3 is 9.72 Å². The van der Waals surface area contributed by atoms with Crippen LogP contribution in [0.3, 0.4) is 0 Å². The molecule has 0 bridgehead atoms. The molecule has 0 spiro atoms. The Balaban J connectivity index is 1.26. The van der Waals surface area contributed by atoms with Gasteiger partial charge in [-0.3, -0.25) is 10.1 Å². The van der Waals surface area contributed by atoms with Gasteiger partial charge in [0.15, 0.2) is 16.6 Å². The second-order valence-electron chi connectivity index (χ2n) is 9.36. The minimum Gasteiger partial charge on any atom is -0.489 e. The van der Waals surface area contributed by atoms with Crippen LogP contribution in [0.1, 0.15) is 32.1 Å². The number of pyridine rings is 2. The number of halogens is 1. The first kappa shape index (κ1) is 22.1. The molecule has 9 heteroatoms. The summed E-state index contributed by atoms with van der Waals surface area (Å²) in [6, 6.07) is 13.3. The van der Waals surface area contributed by atoms with E-state index in [1.54, 1.807) is 18.5 Å². The van der Waals surface area contributed by atoms with Crippen LogP contribution in [0.2, 0.25) is 0 Å². The molecule has 1 fully saturated rings. The van der Waals surface area contributed by atoms with Crippen molar-refractivity contribution >= 4 is 33.4 Å². The van der Waals surface area contributed by atoms with Gasteiger partial charge in [-0.2, -0.15) is 9.49 Å². The number of fused-ring (bicyclic) bond motifs is 2. The van der Waals surface area contributed by atoms with E-state index in [0.29, 0.717) is 22.7 Å². The molecule has 6 aromatic rings. The first-order valence-electron chi connectivity index (χ1n) is 12.4. The number of hydrogen-bond donors (Lipinski definition) is 2. The first-order chi connectivity index (χ1) is 18.2. The molecule has 0 radical (unpaired) electrons. The molecule has 0 unspecified atom stereocenters. The molecule has 7 nitrogen and oxygen atoms in total. The molecule has 1 aliphatic rings. The summed E-state index contributed by atoms with van der Waals surface area (Å²) in [5.41, 5.74) is 5.74. The number of imidazole rings is 1. The maximum absolute atomic E-state index is 13.7. The van der Waals surface area contributed by atoms with Crippen LogP contribution in [-0.2, 0) is 0 Å². The van der Waals surface area contributed by atoms with Gasteiger partial charge in [0.25, 0.3) is 0 Å². The third kappa shape index (κ3) is 4.15. The lowest BCUT2D eigenvalue weighted by atomic mass is 9.98. The molecular weight excluding hydrogens is 487 g/mol. The number of aromatic nitrogens is 6. The highest BCUT2D eigenvalue weighted by Gasteiger charge is 2.18. The summed E-state index contributed by atoms with van der Waals surface area (Å²) in [4.78, 5) is 17.8. The molecule has 1 aromatic carbocycles.